The Bertz CT molecular complexity index is 295. The standard InChI is InChI=1S/C8H14N2O8/c9-6(8(12)13)5-7(11)17-3-1-16-2-4-18-10(14)15/h6H,1-5,9H2,(H,12,13). The minimum Gasteiger partial charge on any atom is -0.480 e. The van der Waals surface area contributed by atoms with E-state index in [4.69, 9.17) is 15.6 Å². The number of hydrogen-bond acceptors (Lipinski definition) is 8. The summed E-state index contributed by atoms with van der Waals surface area (Å²) in [7, 11) is 0. The number of nitrogens with zero attached hydrogens (tertiary/aromatic N) is 1. The molecule has 0 aromatic rings. The van der Waals surface area contributed by atoms with Crippen molar-refractivity contribution in [1.82, 2.24) is 0 Å². The van der Waals surface area contributed by atoms with Gasteiger partial charge in [-0.05, 0) is 0 Å². The smallest absolute Gasteiger partial charge is 0.321 e. The minimum absolute atomic E-state index is 0.0207. The molecule has 0 bridgehead atoms. The van der Waals surface area contributed by atoms with E-state index in [1.807, 2.05) is 0 Å². The van der Waals surface area contributed by atoms with Gasteiger partial charge in [-0.15, -0.1) is 10.1 Å². The second-order valence-electron chi connectivity index (χ2n) is 3.04. The Kier molecular flexibility index (Phi) is 8.14. The Morgan fingerprint density at radius 1 is 1.28 bits per heavy atom. The fourth-order valence-electron chi connectivity index (χ4n) is 0.813. The highest BCUT2D eigenvalue weighted by Gasteiger charge is 2.16. The summed E-state index contributed by atoms with van der Waals surface area (Å²) in [5.41, 5.74) is 5.10. The number of ether oxygens (including phenoxy) is 2. The normalized spacial score (nSPS) is 11.6. The number of carbonyl (C=O) groups is 2. The first-order valence-corrected chi connectivity index (χ1v) is 4.92. The van der Waals surface area contributed by atoms with E-state index in [0.29, 0.717) is 0 Å². The van der Waals surface area contributed by atoms with E-state index in [0.717, 1.165) is 0 Å². The summed E-state index contributed by atoms with van der Waals surface area (Å²) in [5.74, 6) is -2.05. The maximum atomic E-state index is 11.0. The molecule has 10 heteroatoms. The van der Waals surface area contributed by atoms with Gasteiger partial charge >= 0.3 is 11.9 Å². The van der Waals surface area contributed by atoms with Gasteiger partial charge in [-0.25, -0.2) is 0 Å². The van der Waals surface area contributed by atoms with Gasteiger partial charge in [-0.3, -0.25) is 9.59 Å². The summed E-state index contributed by atoms with van der Waals surface area (Å²) in [5, 5.41) is 17.2. The number of carboxylic acids is 1. The van der Waals surface area contributed by atoms with Crippen LogP contribution in [-0.2, 0) is 23.9 Å². The van der Waals surface area contributed by atoms with E-state index in [1.54, 1.807) is 0 Å². The molecule has 0 aliphatic rings. The summed E-state index contributed by atoms with van der Waals surface area (Å²) < 4.78 is 9.44. The number of nitrogens with two attached hydrogens (primary N) is 1. The molecule has 0 saturated carbocycles. The lowest BCUT2D eigenvalue weighted by atomic mass is 10.2. The molecule has 0 aromatic carbocycles. The van der Waals surface area contributed by atoms with E-state index in [2.05, 4.69) is 9.57 Å². The van der Waals surface area contributed by atoms with Crippen molar-refractivity contribution in [2.75, 3.05) is 26.4 Å². The fraction of sp³-hybridized carbons (Fsp3) is 0.750. The predicted molar refractivity (Wildman–Crippen MR) is 55.0 cm³/mol. The lowest BCUT2D eigenvalue weighted by Crippen LogP contribution is -2.33. The number of carbonyl (C=O) groups excluding carboxylic acids is 1. The van der Waals surface area contributed by atoms with Gasteiger partial charge < -0.3 is 25.2 Å². The third kappa shape index (κ3) is 9.30. The highest BCUT2D eigenvalue weighted by atomic mass is 17.0. The first-order valence-electron chi connectivity index (χ1n) is 4.92. The van der Waals surface area contributed by atoms with Crippen molar-refractivity contribution in [1.29, 1.82) is 0 Å². The summed E-state index contributed by atoms with van der Waals surface area (Å²) in [6.45, 7) is -0.309. The average molecular weight is 266 g/mol. The van der Waals surface area contributed by atoms with Gasteiger partial charge in [-0.2, -0.15) is 0 Å². The molecule has 1 unspecified atom stereocenters. The Morgan fingerprint density at radius 2 is 1.89 bits per heavy atom. The highest BCUT2D eigenvalue weighted by molar-refractivity contribution is 5.81. The van der Waals surface area contributed by atoms with Gasteiger partial charge in [0.25, 0.3) is 5.09 Å². The van der Waals surface area contributed by atoms with Crippen LogP contribution in [0, 0.1) is 10.1 Å². The summed E-state index contributed by atoms with van der Waals surface area (Å²) in [4.78, 5) is 35.0. The van der Waals surface area contributed by atoms with Crippen LogP contribution < -0.4 is 5.73 Å². The number of carboxylic acid groups (broad SMARTS) is 1. The molecule has 18 heavy (non-hydrogen) atoms. The summed E-state index contributed by atoms with van der Waals surface area (Å²) >= 11 is 0. The molecule has 0 aliphatic carbocycles. The largest absolute Gasteiger partial charge is 0.480 e. The van der Waals surface area contributed by atoms with Crippen molar-refractivity contribution in [2.45, 2.75) is 12.5 Å². The number of rotatable bonds is 10. The molecule has 0 aliphatic heterocycles. The molecule has 104 valence electrons. The van der Waals surface area contributed by atoms with Crippen LogP contribution in [0.3, 0.4) is 0 Å². The summed E-state index contributed by atoms with van der Waals surface area (Å²) in [6, 6.07) is -1.30. The van der Waals surface area contributed by atoms with Crippen molar-refractivity contribution < 1.29 is 34.1 Å². The zero-order valence-electron chi connectivity index (χ0n) is 9.44. The van der Waals surface area contributed by atoms with E-state index < -0.39 is 29.5 Å². The molecule has 0 fully saturated rings. The molecular formula is C8H14N2O8. The van der Waals surface area contributed by atoms with Crippen LogP contribution >= 0.6 is 0 Å². The third-order valence-corrected chi connectivity index (χ3v) is 1.62. The first-order chi connectivity index (χ1) is 8.43. The second-order valence-corrected chi connectivity index (χ2v) is 3.04. The van der Waals surface area contributed by atoms with Crippen molar-refractivity contribution in [3.63, 3.8) is 0 Å². The third-order valence-electron chi connectivity index (χ3n) is 1.62. The molecule has 3 N–H and O–H groups in total. The van der Waals surface area contributed by atoms with Gasteiger partial charge in [0.15, 0.2) is 0 Å². The van der Waals surface area contributed by atoms with Crippen LogP contribution in [0.5, 0.6) is 0 Å². The van der Waals surface area contributed by atoms with Crippen LogP contribution in [0.4, 0.5) is 0 Å². The molecule has 1 atom stereocenters. The monoisotopic (exact) mass is 266 g/mol. The van der Waals surface area contributed by atoms with Crippen LogP contribution in [0.15, 0.2) is 0 Å². The van der Waals surface area contributed by atoms with Crippen molar-refractivity contribution in [2.24, 2.45) is 5.73 Å². The molecule has 0 rings (SSSR count). The Labute approximate surface area is 102 Å². The Balaban J connectivity index is 3.41. The van der Waals surface area contributed by atoms with E-state index in [9.17, 15) is 19.7 Å². The molecule has 0 radical (unpaired) electrons. The van der Waals surface area contributed by atoms with Gasteiger partial charge in [0, 0.05) is 0 Å². The van der Waals surface area contributed by atoms with E-state index >= 15 is 0 Å². The minimum atomic E-state index is -1.30. The van der Waals surface area contributed by atoms with Gasteiger partial charge in [0.1, 0.15) is 19.3 Å². The Hall–Kier alpha value is -1.94. The summed E-state index contributed by atoms with van der Waals surface area (Å²) in [6.07, 6.45) is -0.431. The van der Waals surface area contributed by atoms with Crippen LogP contribution in [0.2, 0.25) is 0 Å². The fourth-order valence-corrected chi connectivity index (χ4v) is 0.813. The van der Waals surface area contributed by atoms with Crippen LogP contribution in [0.1, 0.15) is 6.42 Å². The van der Waals surface area contributed by atoms with Gasteiger partial charge in [0.05, 0.1) is 19.6 Å². The topological polar surface area (TPSA) is 151 Å². The van der Waals surface area contributed by atoms with Crippen molar-refractivity contribution >= 4 is 11.9 Å². The van der Waals surface area contributed by atoms with Crippen molar-refractivity contribution in [3.05, 3.63) is 10.1 Å². The number of aliphatic carboxylic acids is 1. The molecule has 10 nitrogen and oxygen atoms in total. The Morgan fingerprint density at radius 3 is 2.44 bits per heavy atom. The van der Waals surface area contributed by atoms with Gasteiger partial charge in [0.2, 0.25) is 0 Å². The van der Waals surface area contributed by atoms with Gasteiger partial charge in [-0.1, -0.05) is 0 Å². The number of esters is 1. The molecule has 0 amide bonds. The SMILES string of the molecule is NC(CC(=O)OCCOCCO[N+](=O)[O-])C(=O)O. The average Bonchev–Trinajstić information content (AvgIpc) is 2.27. The maximum absolute atomic E-state index is 11.0. The van der Waals surface area contributed by atoms with Crippen LogP contribution in [0.25, 0.3) is 0 Å². The molecule has 0 saturated heterocycles. The predicted octanol–water partition coefficient (Wildman–Crippen LogP) is -1.44. The lowest BCUT2D eigenvalue weighted by Gasteiger charge is -2.07. The van der Waals surface area contributed by atoms with E-state index in [-0.39, 0.29) is 26.4 Å². The molecule has 0 aromatic heterocycles. The molecule has 0 heterocycles. The van der Waals surface area contributed by atoms with Crippen LogP contribution in [-0.4, -0.2) is 54.6 Å². The quantitative estimate of drug-likeness (QED) is 0.209. The number of hydrogen-bond donors (Lipinski definition) is 2. The maximum Gasteiger partial charge on any atom is 0.321 e. The second kappa shape index (κ2) is 9.13. The van der Waals surface area contributed by atoms with Crippen molar-refractivity contribution in [3.8, 4) is 0 Å². The first kappa shape index (κ1) is 16.1. The molecular weight excluding hydrogens is 252 g/mol. The van der Waals surface area contributed by atoms with E-state index in [1.165, 1.54) is 0 Å². The molecule has 0 spiro atoms. The zero-order valence-corrected chi connectivity index (χ0v) is 9.44. The lowest BCUT2D eigenvalue weighted by molar-refractivity contribution is -0.758. The highest BCUT2D eigenvalue weighted by Crippen LogP contribution is 1.92. The zero-order chi connectivity index (χ0) is 14.0.